The number of hydrogen-bond donors (Lipinski definition) is 1. The molecule has 0 saturated heterocycles. The third kappa shape index (κ3) is 4.34. The van der Waals surface area contributed by atoms with Crippen LogP contribution in [0.1, 0.15) is 20.8 Å². The largest absolute Gasteiger partial charge is 0.276 e. The van der Waals surface area contributed by atoms with E-state index in [9.17, 15) is 8.42 Å². The van der Waals surface area contributed by atoms with Crippen LogP contribution in [-0.2, 0) is 10.2 Å². The molecule has 0 aromatic rings. The lowest BCUT2D eigenvalue weighted by Gasteiger charge is -2.18. The fourth-order valence-electron chi connectivity index (χ4n) is 0.820. The molecule has 2 N–H and O–H groups in total. The van der Waals surface area contributed by atoms with Gasteiger partial charge in [-0.05, 0) is 5.92 Å². The zero-order chi connectivity index (χ0) is 9.07. The fraction of sp³-hybridized carbons (Fsp3) is 1.00. The van der Waals surface area contributed by atoms with Crippen molar-refractivity contribution in [3.63, 3.8) is 0 Å². The van der Waals surface area contributed by atoms with E-state index in [0.29, 0.717) is 19.0 Å². The molecule has 0 unspecified atom stereocenters. The van der Waals surface area contributed by atoms with Crippen molar-refractivity contribution < 1.29 is 8.42 Å². The van der Waals surface area contributed by atoms with Crippen LogP contribution in [0.25, 0.3) is 0 Å². The zero-order valence-corrected chi connectivity index (χ0v) is 8.06. The zero-order valence-electron chi connectivity index (χ0n) is 7.24. The van der Waals surface area contributed by atoms with Gasteiger partial charge in [0.15, 0.2) is 0 Å². The van der Waals surface area contributed by atoms with Crippen LogP contribution in [0.15, 0.2) is 0 Å². The molecular formula is C6H16N2O2S. The van der Waals surface area contributed by atoms with Gasteiger partial charge in [-0.15, -0.1) is 0 Å². The number of nitrogens with zero attached hydrogens (tertiary/aromatic N) is 1. The van der Waals surface area contributed by atoms with Crippen molar-refractivity contribution >= 4 is 10.2 Å². The van der Waals surface area contributed by atoms with Crippen LogP contribution in [0.4, 0.5) is 0 Å². The molecule has 0 heterocycles. The van der Waals surface area contributed by atoms with E-state index in [1.807, 2.05) is 13.8 Å². The Morgan fingerprint density at radius 2 is 1.91 bits per heavy atom. The van der Waals surface area contributed by atoms with Crippen molar-refractivity contribution in [1.29, 1.82) is 0 Å². The maximum atomic E-state index is 10.8. The summed E-state index contributed by atoms with van der Waals surface area (Å²) in [6.45, 7) is 6.61. The highest BCUT2D eigenvalue weighted by Crippen LogP contribution is 2.00. The first kappa shape index (κ1) is 10.9. The van der Waals surface area contributed by atoms with Crippen LogP contribution in [0.2, 0.25) is 0 Å². The van der Waals surface area contributed by atoms with Gasteiger partial charge in [-0.2, -0.15) is 12.7 Å². The Balaban J connectivity index is 4.20. The van der Waals surface area contributed by atoms with Crippen LogP contribution in [0, 0.1) is 5.92 Å². The third-order valence-electron chi connectivity index (χ3n) is 1.28. The summed E-state index contributed by atoms with van der Waals surface area (Å²) in [5.41, 5.74) is 0. The first-order valence-corrected chi connectivity index (χ1v) is 5.16. The van der Waals surface area contributed by atoms with Gasteiger partial charge >= 0.3 is 0 Å². The van der Waals surface area contributed by atoms with Gasteiger partial charge in [0.05, 0.1) is 0 Å². The Morgan fingerprint density at radius 1 is 1.45 bits per heavy atom. The molecule has 0 amide bonds. The number of nitrogens with two attached hydrogens (primary N) is 1. The van der Waals surface area contributed by atoms with Crippen LogP contribution < -0.4 is 5.14 Å². The smallest absolute Gasteiger partial charge is 0.216 e. The summed E-state index contributed by atoms with van der Waals surface area (Å²) in [5.74, 6) is 0.313. The van der Waals surface area contributed by atoms with Gasteiger partial charge in [-0.1, -0.05) is 20.8 Å². The van der Waals surface area contributed by atoms with Crippen molar-refractivity contribution in [2.45, 2.75) is 20.8 Å². The minimum absolute atomic E-state index is 0.313. The summed E-state index contributed by atoms with van der Waals surface area (Å²) in [6.07, 6.45) is 0. The van der Waals surface area contributed by atoms with Crippen LogP contribution in [-0.4, -0.2) is 25.8 Å². The van der Waals surface area contributed by atoms with Gasteiger partial charge < -0.3 is 0 Å². The van der Waals surface area contributed by atoms with Crippen molar-refractivity contribution in [2.75, 3.05) is 13.1 Å². The monoisotopic (exact) mass is 180 g/mol. The van der Waals surface area contributed by atoms with E-state index in [4.69, 9.17) is 5.14 Å². The average molecular weight is 180 g/mol. The minimum Gasteiger partial charge on any atom is -0.216 e. The maximum Gasteiger partial charge on any atom is 0.276 e. The van der Waals surface area contributed by atoms with Gasteiger partial charge in [0.2, 0.25) is 0 Å². The summed E-state index contributed by atoms with van der Waals surface area (Å²) < 4.78 is 22.9. The molecular weight excluding hydrogens is 164 g/mol. The topological polar surface area (TPSA) is 63.4 Å². The Hall–Kier alpha value is -0.130. The third-order valence-corrected chi connectivity index (χ3v) is 2.41. The molecule has 0 aliphatic carbocycles. The molecule has 0 fully saturated rings. The molecule has 0 rings (SSSR count). The van der Waals surface area contributed by atoms with Gasteiger partial charge in [-0.25, -0.2) is 5.14 Å². The van der Waals surface area contributed by atoms with E-state index in [2.05, 4.69) is 0 Å². The standard InChI is InChI=1S/C6H16N2O2S/c1-4-8(5-6(2)3)11(7,9)10/h6H,4-5H2,1-3H3,(H2,7,9,10). The summed E-state index contributed by atoms with van der Waals surface area (Å²) in [5, 5.41) is 4.94. The summed E-state index contributed by atoms with van der Waals surface area (Å²) >= 11 is 0. The number of rotatable bonds is 4. The highest BCUT2D eigenvalue weighted by atomic mass is 32.2. The Bertz CT molecular complexity index is 199. The molecule has 0 bridgehead atoms. The van der Waals surface area contributed by atoms with Gasteiger partial charge in [0, 0.05) is 13.1 Å². The van der Waals surface area contributed by atoms with Crippen LogP contribution in [0.5, 0.6) is 0 Å². The predicted molar refractivity (Wildman–Crippen MR) is 45.2 cm³/mol. The van der Waals surface area contributed by atoms with E-state index in [1.54, 1.807) is 6.92 Å². The maximum absolute atomic E-state index is 10.8. The first-order valence-electron chi connectivity index (χ1n) is 3.65. The molecule has 4 nitrogen and oxygen atoms in total. The Labute approximate surface area is 68.6 Å². The second kappa shape index (κ2) is 4.04. The van der Waals surface area contributed by atoms with E-state index in [-0.39, 0.29) is 0 Å². The predicted octanol–water partition coefficient (Wildman–Crippen LogP) is 0.168. The fourth-order valence-corrected chi connectivity index (χ4v) is 1.69. The van der Waals surface area contributed by atoms with E-state index in [0.717, 1.165) is 0 Å². The molecule has 0 aliphatic heterocycles. The van der Waals surface area contributed by atoms with E-state index >= 15 is 0 Å². The molecule has 68 valence electrons. The second-order valence-corrected chi connectivity index (χ2v) is 4.44. The lowest BCUT2D eigenvalue weighted by atomic mass is 10.2. The lowest BCUT2D eigenvalue weighted by molar-refractivity contribution is 0.381. The molecule has 5 heteroatoms. The first-order chi connectivity index (χ1) is 4.88. The van der Waals surface area contributed by atoms with Gasteiger partial charge in [0.25, 0.3) is 10.2 Å². The normalized spacial score (nSPS) is 12.9. The summed E-state index contributed by atoms with van der Waals surface area (Å²) in [6, 6.07) is 0. The molecule has 0 radical (unpaired) electrons. The Kier molecular flexibility index (Phi) is 3.99. The van der Waals surface area contributed by atoms with Crippen molar-refractivity contribution in [1.82, 2.24) is 4.31 Å². The second-order valence-electron chi connectivity index (χ2n) is 2.89. The molecule has 0 aromatic heterocycles. The number of hydrogen-bond acceptors (Lipinski definition) is 2. The van der Waals surface area contributed by atoms with Crippen LogP contribution in [0.3, 0.4) is 0 Å². The van der Waals surface area contributed by atoms with E-state index < -0.39 is 10.2 Å². The molecule has 11 heavy (non-hydrogen) atoms. The lowest BCUT2D eigenvalue weighted by Crippen LogP contribution is -2.38. The average Bonchev–Trinajstić information content (AvgIpc) is 1.79. The molecule has 0 saturated carbocycles. The minimum atomic E-state index is -3.48. The summed E-state index contributed by atoms with van der Waals surface area (Å²) in [4.78, 5) is 0. The molecule has 0 aliphatic rings. The van der Waals surface area contributed by atoms with Crippen molar-refractivity contribution in [3.05, 3.63) is 0 Å². The highest BCUT2D eigenvalue weighted by Gasteiger charge is 2.15. The summed E-state index contributed by atoms with van der Waals surface area (Å²) in [7, 11) is -3.48. The SMILES string of the molecule is CCN(CC(C)C)S(N)(=O)=O. The molecule has 0 spiro atoms. The van der Waals surface area contributed by atoms with E-state index in [1.165, 1.54) is 4.31 Å². The molecule has 0 aromatic carbocycles. The van der Waals surface area contributed by atoms with Gasteiger partial charge in [-0.3, -0.25) is 0 Å². The quantitative estimate of drug-likeness (QED) is 0.670. The van der Waals surface area contributed by atoms with Crippen LogP contribution >= 0.6 is 0 Å². The molecule has 0 atom stereocenters. The highest BCUT2D eigenvalue weighted by molar-refractivity contribution is 7.86. The van der Waals surface area contributed by atoms with Crippen molar-refractivity contribution in [2.24, 2.45) is 11.1 Å². The van der Waals surface area contributed by atoms with Crippen molar-refractivity contribution in [3.8, 4) is 0 Å². The Morgan fingerprint density at radius 3 is 2.00 bits per heavy atom. The van der Waals surface area contributed by atoms with Gasteiger partial charge in [0.1, 0.15) is 0 Å².